The molecule has 88 valence electrons. The van der Waals surface area contributed by atoms with Gasteiger partial charge in [-0.1, -0.05) is 30.3 Å². The van der Waals surface area contributed by atoms with E-state index in [0.29, 0.717) is 13.0 Å². The number of hydrogen-bond acceptors (Lipinski definition) is 3. The van der Waals surface area contributed by atoms with E-state index in [4.69, 9.17) is 4.74 Å². The van der Waals surface area contributed by atoms with Crippen molar-refractivity contribution in [3.05, 3.63) is 47.3 Å². The summed E-state index contributed by atoms with van der Waals surface area (Å²) in [6.07, 6.45) is 0.346. The van der Waals surface area contributed by atoms with Gasteiger partial charge in [-0.15, -0.1) is 11.3 Å². The third kappa shape index (κ3) is 3.17. The molecule has 0 saturated carbocycles. The second-order valence-corrected chi connectivity index (χ2v) is 4.60. The van der Waals surface area contributed by atoms with Crippen LogP contribution in [0.15, 0.2) is 41.8 Å². The monoisotopic (exact) mass is 246 g/mol. The fourth-order valence-corrected chi connectivity index (χ4v) is 2.34. The minimum Gasteiger partial charge on any atom is -0.466 e. The Bertz CT molecular complexity index is 471. The lowest BCUT2D eigenvalue weighted by molar-refractivity contribution is -0.142. The number of esters is 1. The molecule has 0 aliphatic heterocycles. The van der Waals surface area contributed by atoms with Gasteiger partial charge < -0.3 is 4.74 Å². The first kappa shape index (κ1) is 11.9. The first-order valence-corrected chi connectivity index (χ1v) is 6.46. The molecule has 0 unspecified atom stereocenters. The van der Waals surface area contributed by atoms with Crippen molar-refractivity contribution in [1.29, 1.82) is 0 Å². The van der Waals surface area contributed by atoms with Crippen molar-refractivity contribution in [2.24, 2.45) is 0 Å². The van der Waals surface area contributed by atoms with Gasteiger partial charge in [-0.25, -0.2) is 0 Å². The lowest BCUT2D eigenvalue weighted by Gasteiger charge is -2.03. The smallest absolute Gasteiger partial charge is 0.310 e. The van der Waals surface area contributed by atoms with Crippen LogP contribution in [0.4, 0.5) is 0 Å². The summed E-state index contributed by atoms with van der Waals surface area (Å²) in [6.45, 7) is 2.25. The molecule has 0 aliphatic carbocycles. The van der Waals surface area contributed by atoms with Crippen molar-refractivity contribution in [2.75, 3.05) is 6.61 Å². The molecule has 2 aromatic rings. The largest absolute Gasteiger partial charge is 0.466 e. The number of thiophene rings is 1. The molecule has 0 amide bonds. The SMILES string of the molecule is CCOC(=O)Cc1ccc(-c2cccs2)cc1. The number of benzene rings is 1. The summed E-state index contributed by atoms with van der Waals surface area (Å²) in [7, 11) is 0. The van der Waals surface area contributed by atoms with E-state index in [1.807, 2.05) is 37.3 Å². The molecule has 0 N–H and O–H groups in total. The molecule has 2 rings (SSSR count). The highest BCUT2D eigenvalue weighted by molar-refractivity contribution is 7.13. The van der Waals surface area contributed by atoms with Crippen molar-refractivity contribution in [3.63, 3.8) is 0 Å². The quantitative estimate of drug-likeness (QED) is 0.771. The summed E-state index contributed by atoms with van der Waals surface area (Å²) in [5.74, 6) is -0.170. The standard InChI is InChI=1S/C14H14O2S/c1-2-16-14(15)10-11-5-7-12(8-6-11)13-4-3-9-17-13/h3-9H,2,10H2,1H3. The van der Waals surface area contributed by atoms with Gasteiger partial charge in [0.25, 0.3) is 0 Å². The molecule has 0 spiro atoms. The average Bonchev–Trinajstić information content (AvgIpc) is 2.84. The fraction of sp³-hybridized carbons (Fsp3) is 0.214. The van der Waals surface area contributed by atoms with Crippen molar-refractivity contribution < 1.29 is 9.53 Å². The molecule has 1 heterocycles. The molecule has 0 atom stereocenters. The number of hydrogen-bond donors (Lipinski definition) is 0. The van der Waals surface area contributed by atoms with Gasteiger partial charge in [0.2, 0.25) is 0 Å². The lowest BCUT2D eigenvalue weighted by Crippen LogP contribution is -2.07. The zero-order valence-electron chi connectivity index (χ0n) is 9.68. The molecule has 17 heavy (non-hydrogen) atoms. The Kier molecular flexibility index (Phi) is 3.94. The molecule has 0 aliphatic rings. The zero-order valence-corrected chi connectivity index (χ0v) is 10.5. The van der Waals surface area contributed by atoms with Gasteiger partial charge in [0, 0.05) is 4.88 Å². The molecule has 3 heteroatoms. The minimum atomic E-state index is -0.170. The van der Waals surface area contributed by atoms with Crippen molar-refractivity contribution in [2.45, 2.75) is 13.3 Å². The number of ether oxygens (including phenoxy) is 1. The zero-order chi connectivity index (χ0) is 12.1. The predicted molar refractivity (Wildman–Crippen MR) is 70.1 cm³/mol. The third-order valence-electron chi connectivity index (χ3n) is 2.41. The predicted octanol–water partition coefficient (Wildman–Crippen LogP) is 3.52. The van der Waals surface area contributed by atoms with Crippen LogP contribution in [0.5, 0.6) is 0 Å². The van der Waals surface area contributed by atoms with Gasteiger partial charge in [0.1, 0.15) is 0 Å². The molecule has 0 bridgehead atoms. The average molecular weight is 246 g/mol. The normalized spacial score (nSPS) is 10.2. The van der Waals surface area contributed by atoms with Crippen LogP contribution in [0.3, 0.4) is 0 Å². The van der Waals surface area contributed by atoms with Gasteiger partial charge in [-0.2, -0.15) is 0 Å². The fourth-order valence-electron chi connectivity index (χ4n) is 1.61. The third-order valence-corrected chi connectivity index (χ3v) is 3.33. The second-order valence-electron chi connectivity index (χ2n) is 3.66. The summed E-state index contributed by atoms with van der Waals surface area (Å²) >= 11 is 1.71. The van der Waals surface area contributed by atoms with Crippen LogP contribution >= 0.6 is 11.3 Å². The van der Waals surface area contributed by atoms with Crippen molar-refractivity contribution in [1.82, 2.24) is 0 Å². The van der Waals surface area contributed by atoms with E-state index in [-0.39, 0.29) is 5.97 Å². The summed E-state index contributed by atoms with van der Waals surface area (Å²) in [4.78, 5) is 12.5. The van der Waals surface area contributed by atoms with E-state index >= 15 is 0 Å². The summed E-state index contributed by atoms with van der Waals surface area (Å²) in [6, 6.07) is 12.2. The van der Waals surface area contributed by atoms with E-state index in [2.05, 4.69) is 11.4 Å². The maximum absolute atomic E-state index is 11.3. The summed E-state index contributed by atoms with van der Waals surface area (Å²) in [5, 5.41) is 2.06. The highest BCUT2D eigenvalue weighted by Gasteiger charge is 2.04. The van der Waals surface area contributed by atoms with E-state index in [9.17, 15) is 4.79 Å². The van der Waals surface area contributed by atoms with Gasteiger partial charge in [0.15, 0.2) is 0 Å². The number of rotatable bonds is 4. The topological polar surface area (TPSA) is 26.3 Å². The number of carbonyl (C=O) groups excluding carboxylic acids is 1. The van der Waals surface area contributed by atoms with Crippen LogP contribution in [-0.4, -0.2) is 12.6 Å². The van der Waals surface area contributed by atoms with Crippen LogP contribution in [0, 0.1) is 0 Å². The van der Waals surface area contributed by atoms with Crippen LogP contribution in [-0.2, 0) is 16.0 Å². The number of carbonyl (C=O) groups is 1. The van der Waals surface area contributed by atoms with Crippen molar-refractivity contribution in [3.8, 4) is 10.4 Å². The molecule has 1 aromatic carbocycles. The Morgan fingerprint density at radius 3 is 2.59 bits per heavy atom. The Labute approximate surface area is 105 Å². The van der Waals surface area contributed by atoms with Crippen LogP contribution in [0.25, 0.3) is 10.4 Å². The molecule has 1 aromatic heterocycles. The van der Waals surface area contributed by atoms with Crippen LogP contribution in [0.2, 0.25) is 0 Å². The van der Waals surface area contributed by atoms with E-state index < -0.39 is 0 Å². The summed E-state index contributed by atoms with van der Waals surface area (Å²) in [5.41, 5.74) is 2.18. The van der Waals surface area contributed by atoms with Gasteiger partial charge >= 0.3 is 5.97 Å². The Balaban J connectivity index is 2.06. The molecule has 0 radical (unpaired) electrons. The summed E-state index contributed by atoms with van der Waals surface area (Å²) < 4.78 is 4.91. The molecule has 0 saturated heterocycles. The van der Waals surface area contributed by atoms with Crippen molar-refractivity contribution >= 4 is 17.3 Å². The van der Waals surface area contributed by atoms with Gasteiger partial charge in [-0.3, -0.25) is 4.79 Å². The molecular formula is C14H14O2S. The van der Waals surface area contributed by atoms with E-state index in [1.54, 1.807) is 11.3 Å². The van der Waals surface area contributed by atoms with E-state index in [1.165, 1.54) is 10.4 Å². The molecular weight excluding hydrogens is 232 g/mol. The highest BCUT2D eigenvalue weighted by atomic mass is 32.1. The van der Waals surface area contributed by atoms with Crippen LogP contribution < -0.4 is 0 Å². The van der Waals surface area contributed by atoms with Gasteiger partial charge in [-0.05, 0) is 29.5 Å². The molecule has 0 fully saturated rings. The maximum atomic E-state index is 11.3. The minimum absolute atomic E-state index is 0.170. The van der Waals surface area contributed by atoms with Crippen LogP contribution in [0.1, 0.15) is 12.5 Å². The highest BCUT2D eigenvalue weighted by Crippen LogP contribution is 2.24. The van der Waals surface area contributed by atoms with Gasteiger partial charge in [0.05, 0.1) is 13.0 Å². The maximum Gasteiger partial charge on any atom is 0.310 e. The second kappa shape index (κ2) is 5.64. The Hall–Kier alpha value is -1.61. The first-order chi connectivity index (χ1) is 8.29. The lowest BCUT2D eigenvalue weighted by atomic mass is 10.1. The van der Waals surface area contributed by atoms with E-state index in [0.717, 1.165) is 5.56 Å². The molecule has 2 nitrogen and oxygen atoms in total. The Morgan fingerprint density at radius 1 is 1.24 bits per heavy atom. The Morgan fingerprint density at radius 2 is 2.00 bits per heavy atom. The first-order valence-electron chi connectivity index (χ1n) is 5.58.